The number of nitrogens with zero attached hydrogens (tertiary/aromatic N) is 2. The predicted octanol–water partition coefficient (Wildman–Crippen LogP) is 3.63. The fourth-order valence-electron chi connectivity index (χ4n) is 5.60. The highest BCUT2D eigenvalue weighted by Gasteiger charge is 2.61. The van der Waals surface area contributed by atoms with Crippen LogP contribution in [0.5, 0.6) is 5.19 Å². The van der Waals surface area contributed by atoms with E-state index in [9.17, 15) is 14.4 Å². The van der Waals surface area contributed by atoms with Gasteiger partial charge < -0.3 is 20.1 Å². The third kappa shape index (κ3) is 4.91. The number of ketones is 1. The van der Waals surface area contributed by atoms with Gasteiger partial charge in [0.25, 0.3) is 5.19 Å². The number of hydrogen-bond acceptors (Lipinski definition) is 8. The van der Waals surface area contributed by atoms with E-state index < -0.39 is 17.5 Å². The summed E-state index contributed by atoms with van der Waals surface area (Å²) < 4.78 is 12.3. The van der Waals surface area contributed by atoms with Crippen molar-refractivity contribution in [3.63, 3.8) is 0 Å². The topological polar surface area (TPSA) is 112 Å². The molecule has 9 heteroatoms. The van der Waals surface area contributed by atoms with Gasteiger partial charge in [0.15, 0.2) is 5.78 Å². The molecular weight excluding hydrogens is 478 g/mol. The summed E-state index contributed by atoms with van der Waals surface area (Å²) in [6.45, 7) is 0.271. The fourth-order valence-corrected chi connectivity index (χ4v) is 6.48. The van der Waals surface area contributed by atoms with Crippen molar-refractivity contribution >= 4 is 39.2 Å². The van der Waals surface area contributed by atoms with Crippen LogP contribution in [0.25, 0.3) is 10.2 Å². The zero-order valence-corrected chi connectivity index (χ0v) is 21.4. The number of para-hydroxylation sites is 1. The van der Waals surface area contributed by atoms with Crippen LogP contribution in [-0.2, 0) is 19.1 Å². The number of Topliss-reactive ketones (excluding diaryl/α,β-unsaturated/α-hetero) is 1. The van der Waals surface area contributed by atoms with Gasteiger partial charge in [-0.15, -0.1) is 0 Å². The lowest BCUT2D eigenvalue weighted by Gasteiger charge is -2.27. The fraction of sp³-hybridized carbons (Fsp3) is 0.556. The SMILES string of the molecule is COC(=O)[C@]12CC(=O)[C@@H]3C[C@@H](Oc4nc5ccccc5s4)CN3C(=O)[C@@H](N)CCCCC/C=C\[C@H]1C2. The number of ether oxygens (including phenoxy) is 2. The average Bonchev–Trinajstić information content (AvgIpc) is 3.20. The Kier molecular flexibility index (Phi) is 7.12. The lowest BCUT2D eigenvalue weighted by Crippen LogP contribution is -2.49. The summed E-state index contributed by atoms with van der Waals surface area (Å²) >= 11 is 1.44. The van der Waals surface area contributed by atoms with Gasteiger partial charge >= 0.3 is 5.97 Å². The first kappa shape index (κ1) is 24.9. The second-order valence-corrected chi connectivity index (χ2v) is 11.2. The van der Waals surface area contributed by atoms with Gasteiger partial charge in [-0.05, 0) is 43.7 Å². The van der Waals surface area contributed by atoms with Gasteiger partial charge in [-0.25, -0.2) is 4.98 Å². The number of hydrogen-bond donors (Lipinski definition) is 1. The molecule has 36 heavy (non-hydrogen) atoms. The Morgan fingerprint density at radius 1 is 1.22 bits per heavy atom. The minimum absolute atomic E-state index is 0.0124. The zero-order chi connectivity index (χ0) is 25.3. The highest BCUT2D eigenvalue weighted by Crippen LogP contribution is 2.57. The third-order valence-electron chi connectivity index (χ3n) is 7.75. The van der Waals surface area contributed by atoms with E-state index in [0.717, 1.165) is 35.9 Å². The lowest BCUT2D eigenvalue weighted by atomic mass is 9.92. The summed E-state index contributed by atoms with van der Waals surface area (Å²) in [7, 11) is 1.36. The molecule has 3 heterocycles. The number of thiazole rings is 1. The summed E-state index contributed by atoms with van der Waals surface area (Å²) in [5.41, 5.74) is 6.31. The summed E-state index contributed by atoms with van der Waals surface area (Å²) in [4.78, 5) is 45.9. The van der Waals surface area contributed by atoms with Crippen molar-refractivity contribution in [2.24, 2.45) is 17.1 Å². The van der Waals surface area contributed by atoms with Crippen molar-refractivity contribution in [3.05, 3.63) is 36.4 Å². The smallest absolute Gasteiger partial charge is 0.312 e. The first-order valence-electron chi connectivity index (χ1n) is 12.8. The zero-order valence-electron chi connectivity index (χ0n) is 20.6. The minimum Gasteiger partial charge on any atom is -0.469 e. The van der Waals surface area contributed by atoms with Crippen molar-refractivity contribution in [2.75, 3.05) is 13.7 Å². The molecule has 1 amide bonds. The molecule has 1 saturated heterocycles. The Morgan fingerprint density at radius 3 is 2.86 bits per heavy atom. The van der Waals surface area contributed by atoms with E-state index in [-0.39, 0.29) is 42.6 Å². The molecule has 0 spiro atoms. The van der Waals surface area contributed by atoms with Crippen LogP contribution in [0, 0.1) is 11.3 Å². The number of allylic oxidation sites excluding steroid dienone is 2. The van der Waals surface area contributed by atoms with Crippen LogP contribution < -0.4 is 10.5 Å². The highest BCUT2D eigenvalue weighted by molar-refractivity contribution is 7.20. The molecule has 1 aromatic carbocycles. The average molecular weight is 512 g/mol. The number of rotatable bonds is 3. The number of esters is 1. The normalized spacial score (nSPS) is 32.2. The van der Waals surface area contributed by atoms with Crippen molar-refractivity contribution in [2.45, 2.75) is 69.6 Å². The number of benzene rings is 1. The first-order chi connectivity index (χ1) is 17.4. The van der Waals surface area contributed by atoms with E-state index in [4.69, 9.17) is 15.2 Å². The molecule has 192 valence electrons. The van der Waals surface area contributed by atoms with Crippen molar-refractivity contribution in [1.82, 2.24) is 9.88 Å². The molecule has 5 atom stereocenters. The van der Waals surface area contributed by atoms with E-state index in [0.29, 0.717) is 24.5 Å². The van der Waals surface area contributed by atoms with Crippen LogP contribution in [0.1, 0.15) is 51.4 Å². The van der Waals surface area contributed by atoms with Gasteiger partial charge in [0.2, 0.25) is 5.91 Å². The maximum atomic E-state index is 13.7. The van der Waals surface area contributed by atoms with Crippen molar-refractivity contribution in [1.29, 1.82) is 0 Å². The molecule has 2 aromatic rings. The number of carbonyl (C=O) groups excluding carboxylic acids is 3. The maximum Gasteiger partial charge on any atom is 0.312 e. The molecule has 8 nitrogen and oxygen atoms in total. The maximum absolute atomic E-state index is 13.7. The number of methoxy groups -OCH3 is 1. The van der Waals surface area contributed by atoms with Gasteiger partial charge in [-0.1, -0.05) is 48.5 Å². The molecule has 0 bridgehead atoms. The van der Waals surface area contributed by atoms with Gasteiger partial charge in [0, 0.05) is 12.8 Å². The van der Waals surface area contributed by atoms with Crippen molar-refractivity contribution < 1.29 is 23.9 Å². The van der Waals surface area contributed by atoms with Gasteiger partial charge in [-0.2, -0.15) is 0 Å². The minimum atomic E-state index is -0.842. The molecule has 2 N–H and O–H groups in total. The van der Waals surface area contributed by atoms with E-state index in [1.54, 1.807) is 4.90 Å². The van der Waals surface area contributed by atoms with Crippen LogP contribution in [0.3, 0.4) is 0 Å². The highest BCUT2D eigenvalue weighted by atomic mass is 32.1. The number of aromatic nitrogens is 1. The van der Waals surface area contributed by atoms with Gasteiger partial charge in [0.05, 0.1) is 41.4 Å². The molecular formula is C27H33N3O5S. The number of amides is 1. The Morgan fingerprint density at radius 2 is 2.06 bits per heavy atom. The first-order valence-corrected chi connectivity index (χ1v) is 13.6. The molecule has 3 aliphatic rings. The number of nitrogens with two attached hydrogens (primary N) is 1. The molecule has 5 rings (SSSR count). The van der Waals surface area contributed by atoms with Crippen LogP contribution in [0.2, 0.25) is 0 Å². The molecule has 2 fully saturated rings. The Labute approximate surface area is 214 Å². The van der Waals surface area contributed by atoms with E-state index in [1.807, 2.05) is 24.3 Å². The molecule has 0 unspecified atom stereocenters. The van der Waals surface area contributed by atoms with Crippen LogP contribution >= 0.6 is 11.3 Å². The Bertz CT molecular complexity index is 1150. The summed E-state index contributed by atoms with van der Waals surface area (Å²) in [6.07, 6.45) is 9.10. The number of fused-ring (bicyclic) bond motifs is 3. The van der Waals surface area contributed by atoms with E-state index in [2.05, 4.69) is 17.1 Å². The molecule has 0 radical (unpaired) electrons. The van der Waals surface area contributed by atoms with Crippen LogP contribution in [-0.4, -0.2) is 59.4 Å². The predicted molar refractivity (Wildman–Crippen MR) is 137 cm³/mol. The summed E-state index contributed by atoms with van der Waals surface area (Å²) in [6, 6.07) is 6.44. The van der Waals surface area contributed by atoms with E-state index in [1.165, 1.54) is 18.4 Å². The molecule has 2 aliphatic heterocycles. The summed E-state index contributed by atoms with van der Waals surface area (Å²) in [5, 5.41) is 0.520. The monoisotopic (exact) mass is 511 g/mol. The second kappa shape index (κ2) is 10.3. The molecule has 1 saturated carbocycles. The third-order valence-corrected chi connectivity index (χ3v) is 8.67. The summed E-state index contributed by atoms with van der Waals surface area (Å²) in [5.74, 6) is -0.732. The standard InChI is InChI=1S/C27H33N3O5S/c1-34-25(33)27-14-17(27)9-5-3-2-4-6-10-19(28)24(32)30-16-18(13-21(30)22(31)15-27)35-26-29-20-11-7-8-12-23(20)36-26/h5,7-9,11-12,17-19,21H,2-4,6,10,13-16,28H2,1H3/b9-5-/t17-,18+,19-,21-,27+/m0/s1. The van der Waals surface area contributed by atoms with Gasteiger partial charge in [0.1, 0.15) is 6.10 Å². The molecule has 1 aromatic heterocycles. The lowest BCUT2D eigenvalue weighted by molar-refractivity contribution is -0.150. The van der Waals surface area contributed by atoms with E-state index >= 15 is 0 Å². The van der Waals surface area contributed by atoms with Gasteiger partial charge in [-0.3, -0.25) is 14.4 Å². The Hall–Kier alpha value is -2.78. The van der Waals surface area contributed by atoms with Crippen molar-refractivity contribution in [3.8, 4) is 5.19 Å². The van der Waals surface area contributed by atoms with Crippen LogP contribution in [0.4, 0.5) is 0 Å². The second-order valence-electron chi connectivity index (χ2n) is 10.2. The number of carbonyl (C=O) groups is 3. The van der Waals surface area contributed by atoms with Crippen LogP contribution in [0.15, 0.2) is 36.4 Å². The quantitative estimate of drug-likeness (QED) is 0.495. The Balaban J connectivity index is 1.39. The largest absolute Gasteiger partial charge is 0.469 e. The molecule has 1 aliphatic carbocycles.